The van der Waals surface area contributed by atoms with Crippen LogP contribution in [0.25, 0.3) is 11.6 Å². The number of nitrogens with one attached hydrogen (secondary N) is 1. The van der Waals surface area contributed by atoms with Gasteiger partial charge in [-0.25, -0.2) is 0 Å². The van der Waals surface area contributed by atoms with Gasteiger partial charge in [-0.1, -0.05) is 30.3 Å². The van der Waals surface area contributed by atoms with Gasteiger partial charge < -0.3 is 14.4 Å². The summed E-state index contributed by atoms with van der Waals surface area (Å²) in [7, 11) is 0. The fourth-order valence-electron chi connectivity index (χ4n) is 3.42. The number of aliphatic hydroxyl groups is 1. The Hall–Kier alpha value is -2.22. The van der Waals surface area contributed by atoms with Crippen molar-refractivity contribution in [2.24, 2.45) is 0 Å². The van der Waals surface area contributed by atoms with Crippen molar-refractivity contribution < 1.29 is 14.4 Å². The van der Waals surface area contributed by atoms with E-state index < -0.39 is 0 Å². The van der Waals surface area contributed by atoms with Crippen molar-refractivity contribution in [1.82, 2.24) is 14.3 Å². The van der Waals surface area contributed by atoms with Crippen LogP contribution in [-0.4, -0.2) is 38.6 Å². The zero-order valence-corrected chi connectivity index (χ0v) is 15.4. The van der Waals surface area contributed by atoms with Crippen LogP contribution in [0.3, 0.4) is 0 Å². The van der Waals surface area contributed by atoms with Crippen molar-refractivity contribution in [1.29, 1.82) is 0 Å². The highest BCUT2D eigenvalue weighted by atomic mass is 32.1. The Morgan fingerprint density at radius 3 is 2.62 bits per heavy atom. The molecule has 3 heterocycles. The molecule has 2 N–H and O–H groups in total. The molecule has 0 radical (unpaired) electrons. The van der Waals surface area contributed by atoms with E-state index in [9.17, 15) is 5.11 Å². The lowest BCUT2D eigenvalue weighted by Gasteiger charge is -2.26. The van der Waals surface area contributed by atoms with Crippen LogP contribution in [0.4, 0.5) is 0 Å². The first-order chi connectivity index (χ1) is 12.7. The zero-order chi connectivity index (χ0) is 17.9. The average Bonchev–Trinajstić information content (AvgIpc) is 3.28. The summed E-state index contributed by atoms with van der Waals surface area (Å²) < 4.78 is 10.2. The fourth-order valence-corrected chi connectivity index (χ4v) is 3.68. The number of aliphatic hydroxyl groups excluding tert-OH is 1. The molecule has 136 valence electrons. The number of rotatable bonds is 5. The molecule has 0 spiro atoms. The average molecular weight is 371 g/mol. The van der Waals surface area contributed by atoms with Crippen molar-refractivity contribution in [3.8, 4) is 11.6 Å². The molecule has 1 aromatic carbocycles. The fraction of sp³-hybridized carbons (Fsp3) is 0.368. The first kappa shape index (κ1) is 17.2. The number of hydrogen-bond acceptors (Lipinski definition) is 4. The molecule has 1 fully saturated rings. The van der Waals surface area contributed by atoms with E-state index in [1.54, 1.807) is 6.26 Å². The molecular weight excluding hydrogens is 348 g/mol. The van der Waals surface area contributed by atoms with Gasteiger partial charge in [0.1, 0.15) is 0 Å². The molecule has 1 aliphatic heterocycles. The monoisotopic (exact) mass is 371 g/mol. The number of quaternary nitrogens is 1. The van der Waals surface area contributed by atoms with E-state index in [1.807, 2.05) is 39.6 Å². The number of nitrogens with zero attached hydrogens (tertiary/aromatic N) is 3. The highest BCUT2D eigenvalue weighted by Crippen LogP contribution is 2.20. The quantitative estimate of drug-likeness (QED) is 0.671. The topological polar surface area (TPSA) is 60.6 Å². The summed E-state index contributed by atoms with van der Waals surface area (Å²) in [6, 6.07) is 14.0. The number of benzene rings is 1. The highest BCUT2D eigenvalue weighted by molar-refractivity contribution is 7.71. The molecule has 1 aliphatic rings. The maximum atomic E-state index is 9.71. The van der Waals surface area contributed by atoms with E-state index in [4.69, 9.17) is 21.7 Å². The highest BCUT2D eigenvalue weighted by Gasteiger charge is 2.23. The van der Waals surface area contributed by atoms with E-state index in [0.29, 0.717) is 18.0 Å². The number of aromatic nitrogens is 3. The van der Waals surface area contributed by atoms with Gasteiger partial charge in [0.05, 0.1) is 32.0 Å². The predicted molar refractivity (Wildman–Crippen MR) is 100 cm³/mol. The lowest BCUT2D eigenvalue weighted by atomic mass is 10.1. The first-order valence-corrected chi connectivity index (χ1v) is 9.38. The smallest absolute Gasteiger partial charge is 0.203 e. The Kier molecular flexibility index (Phi) is 5.01. The maximum Gasteiger partial charge on any atom is 0.203 e. The van der Waals surface area contributed by atoms with Crippen LogP contribution in [0.15, 0.2) is 53.1 Å². The van der Waals surface area contributed by atoms with E-state index in [2.05, 4.69) is 12.1 Å². The van der Waals surface area contributed by atoms with Gasteiger partial charge in [-0.05, 0) is 29.9 Å². The Morgan fingerprint density at radius 2 is 1.92 bits per heavy atom. The van der Waals surface area contributed by atoms with Crippen molar-refractivity contribution >= 4 is 12.2 Å². The molecule has 0 aliphatic carbocycles. The minimum absolute atomic E-state index is 0.166. The van der Waals surface area contributed by atoms with Crippen LogP contribution in [0.2, 0.25) is 0 Å². The summed E-state index contributed by atoms with van der Waals surface area (Å²) >= 11 is 5.74. The number of hydrogen-bond donors (Lipinski definition) is 2. The molecular formula is C19H23N4O2S+. The predicted octanol–water partition coefficient (Wildman–Crippen LogP) is 1.72. The molecule has 4 rings (SSSR count). The van der Waals surface area contributed by atoms with Gasteiger partial charge in [0, 0.05) is 12.8 Å². The molecule has 7 heteroatoms. The summed E-state index contributed by atoms with van der Waals surface area (Å²) in [6.45, 7) is 3.24. The van der Waals surface area contributed by atoms with Gasteiger partial charge in [0.15, 0.2) is 18.3 Å². The third-order valence-electron chi connectivity index (χ3n) is 4.88. The molecule has 0 bridgehead atoms. The van der Waals surface area contributed by atoms with Crippen molar-refractivity contribution in [3.63, 3.8) is 0 Å². The van der Waals surface area contributed by atoms with Gasteiger partial charge >= 0.3 is 0 Å². The van der Waals surface area contributed by atoms with Gasteiger partial charge in [-0.3, -0.25) is 4.57 Å². The SMILES string of the molecule is OC1CC[NH+](Cn2nc(-c3ccco3)n(Cc3ccccc3)c2=S)CC1. The van der Waals surface area contributed by atoms with Gasteiger partial charge in [0.2, 0.25) is 4.77 Å². The maximum absolute atomic E-state index is 9.71. The van der Waals surface area contributed by atoms with E-state index in [-0.39, 0.29) is 6.10 Å². The lowest BCUT2D eigenvalue weighted by Crippen LogP contribution is -3.12. The molecule has 1 saturated heterocycles. The number of piperidine rings is 1. The second-order valence-electron chi connectivity index (χ2n) is 6.79. The van der Waals surface area contributed by atoms with Crippen LogP contribution in [0.1, 0.15) is 18.4 Å². The van der Waals surface area contributed by atoms with E-state index >= 15 is 0 Å². The third kappa shape index (κ3) is 3.65. The van der Waals surface area contributed by atoms with Crippen LogP contribution in [-0.2, 0) is 13.2 Å². The normalized spacial score (nSPS) is 20.3. The molecule has 0 atom stereocenters. The molecule has 0 amide bonds. The summed E-state index contributed by atoms with van der Waals surface area (Å²) in [5.74, 6) is 1.47. The van der Waals surface area contributed by atoms with Gasteiger partial charge in [-0.2, -0.15) is 4.68 Å². The van der Waals surface area contributed by atoms with Crippen molar-refractivity contribution in [3.05, 3.63) is 59.1 Å². The van der Waals surface area contributed by atoms with Crippen LogP contribution >= 0.6 is 12.2 Å². The molecule has 3 aromatic rings. The second-order valence-corrected chi connectivity index (χ2v) is 7.16. The third-order valence-corrected chi connectivity index (χ3v) is 5.31. The molecule has 0 unspecified atom stereocenters. The standard InChI is InChI=1S/C19H22N4O2S/c24-16-8-10-21(11-9-16)14-23-19(26)22(13-15-5-2-1-3-6-15)18(20-23)17-7-4-12-25-17/h1-7,12,16,24H,8-11,13-14H2/p+1. The zero-order valence-electron chi connectivity index (χ0n) is 14.5. The summed E-state index contributed by atoms with van der Waals surface area (Å²) in [5, 5.41) is 14.5. The Labute approximate surface area is 157 Å². The van der Waals surface area contributed by atoms with E-state index in [0.717, 1.165) is 37.5 Å². The molecule has 6 nitrogen and oxygen atoms in total. The van der Waals surface area contributed by atoms with Crippen LogP contribution < -0.4 is 4.90 Å². The second kappa shape index (κ2) is 7.57. The number of furan rings is 1. The molecule has 26 heavy (non-hydrogen) atoms. The summed E-state index contributed by atoms with van der Waals surface area (Å²) in [4.78, 5) is 1.39. The summed E-state index contributed by atoms with van der Waals surface area (Å²) in [5.41, 5.74) is 1.17. The minimum atomic E-state index is -0.166. The van der Waals surface area contributed by atoms with Gasteiger partial charge in [0.25, 0.3) is 0 Å². The summed E-state index contributed by atoms with van der Waals surface area (Å²) in [6.07, 6.45) is 3.15. The largest absolute Gasteiger partial charge is 0.461 e. The Balaban J connectivity index is 1.65. The van der Waals surface area contributed by atoms with Gasteiger partial charge in [-0.15, -0.1) is 5.10 Å². The minimum Gasteiger partial charge on any atom is -0.461 e. The van der Waals surface area contributed by atoms with Crippen LogP contribution in [0, 0.1) is 4.77 Å². The van der Waals surface area contributed by atoms with Crippen molar-refractivity contribution in [2.45, 2.75) is 32.2 Å². The lowest BCUT2D eigenvalue weighted by molar-refractivity contribution is -0.929. The molecule has 2 aromatic heterocycles. The van der Waals surface area contributed by atoms with E-state index in [1.165, 1.54) is 10.5 Å². The Bertz CT molecular complexity index is 894. The first-order valence-electron chi connectivity index (χ1n) is 8.98. The van der Waals surface area contributed by atoms with Crippen molar-refractivity contribution in [2.75, 3.05) is 13.1 Å². The molecule has 0 saturated carbocycles. The Morgan fingerprint density at radius 1 is 1.15 bits per heavy atom. The van der Waals surface area contributed by atoms with Crippen LogP contribution in [0.5, 0.6) is 0 Å². The number of likely N-dealkylation sites (tertiary alicyclic amines) is 1.